The molecule has 0 aliphatic rings. The summed E-state index contributed by atoms with van der Waals surface area (Å²) in [6.45, 7) is 12.4. The lowest BCUT2D eigenvalue weighted by atomic mass is 10.1. The van der Waals surface area contributed by atoms with Gasteiger partial charge in [-0.3, -0.25) is 0 Å². The van der Waals surface area contributed by atoms with Gasteiger partial charge in [-0.05, 0) is 74.3 Å². The van der Waals surface area contributed by atoms with Gasteiger partial charge in [-0.1, -0.05) is 32.0 Å². The first-order chi connectivity index (χ1) is 17.0. The maximum absolute atomic E-state index is 6.23. The van der Waals surface area contributed by atoms with Crippen molar-refractivity contribution in [2.24, 2.45) is 10.7 Å². The number of nitrogens with two attached hydrogens (primary N) is 1. The van der Waals surface area contributed by atoms with E-state index in [1.54, 1.807) is 11.3 Å². The number of aromatic nitrogens is 2. The van der Waals surface area contributed by atoms with E-state index in [1.165, 1.54) is 5.56 Å². The molecule has 2 aromatic carbocycles. The summed E-state index contributed by atoms with van der Waals surface area (Å²) < 4.78 is 8.15. The smallest absolute Gasteiger partial charge is 0.141 e. The van der Waals surface area contributed by atoms with E-state index in [9.17, 15) is 0 Å². The van der Waals surface area contributed by atoms with E-state index in [4.69, 9.17) is 15.5 Å². The summed E-state index contributed by atoms with van der Waals surface area (Å²) in [6.07, 6.45) is 0.918. The van der Waals surface area contributed by atoms with Crippen LogP contribution >= 0.6 is 11.3 Å². The summed E-state index contributed by atoms with van der Waals surface area (Å²) in [7, 11) is 0. The monoisotopic (exact) mass is 489 g/mol. The Hall–Kier alpha value is -3.16. The fourth-order valence-corrected chi connectivity index (χ4v) is 4.79. The van der Waals surface area contributed by atoms with Crippen molar-refractivity contribution in [3.63, 3.8) is 0 Å². The molecule has 0 aliphatic carbocycles. The number of ether oxygens (including phenoxy) is 1. The third kappa shape index (κ3) is 6.29. The number of likely N-dealkylation sites (N-methyl/N-ethyl adjacent to an activating group) is 1. The number of thiophene rings is 1. The Balaban J connectivity index is 1.65. The highest BCUT2D eigenvalue weighted by Crippen LogP contribution is 2.25. The van der Waals surface area contributed by atoms with Gasteiger partial charge >= 0.3 is 0 Å². The van der Waals surface area contributed by atoms with Gasteiger partial charge in [-0.25, -0.2) is 9.98 Å². The maximum Gasteiger partial charge on any atom is 0.141 e. The number of benzene rings is 2. The number of hydrogen-bond donors (Lipinski definition) is 1. The molecule has 4 aromatic rings. The topological polar surface area (TPSA) is 68.7 Å². The Kier molecular flexibility index (Phi) is 8.21. The molecule has 6 nitrogen and oxygen atoms in total. The Morgan fingerprint density at radius 3 is 2.54 bits per heavy atom. The number of rotatable bonds is 11. The summed E-state index contributed by atoms with van der Waals surface area (Å²) >= 11 is 1.59. The highest BCUT2D eigenvalue weighted by atomic mass is 32.1. The predicted molar refractivity (Wildman–Crippen MR) is 147 cm³/mol. The summed E-state index contributed by atoms with van der Waals surface area (Å²) in [5.74, 6) is 2.48. The fraction of sp³-hybridized carbons (Fsp3) is 0.357. The molecule has 0 saturated heterocycles. The van der Waals surface area contributed by atoms with Gasteiger partial charge in [0, 0.05) is 19.5 Å². The second-order valence-corrected chi connectivity index (χ2v) is 9.79. The van der Waals surface area contributed by atoms with E-state index in [0.717, 1.165) is 65.8 Å². The fourth-order valence-electron chi connectivity index (χ4n) is 4.16. The molecule has 0 saturated carbocycles. The molecule has 0 fully saturated rings. The summed E-state index contributed by atoms with van der Waals surface area (Å²) in [5, 5.41) is 2.01. The Bertz CT molecular complexity index is 1250. The average Bonchev–Trinajstić information content (AvgIpc) is 3.49. The first-order valence-electron chi connectivity index (χ1n) is 12.3. The molecule has 0 radical (unpaired) electrons. The molecule has 35 heavy (non-hydrogen) atoms. The molecule has 2 heterocycles. The largest absolute Gasteiger partial charge is 0.491 e. The van der Waals surface area contributed by atoms with Gasteiger partial charge in [0.15, 0.2) is 0 Å². The molecular formula is C28H35N5OS. The SMILES string of the molecule is CCN(CC)CCn1c(Cc2ccc(OC(C)C)cc2)nc2cc(N=C(N)c3cccs3)ccc21. The van der Waals surface area contributed by atoms with Crippen molar-refractivity contribution in [2.75, 3.05) is 19.6 Å². The van der Waals surface area contributed by atoms with Crippen LogP contribution in [-0.2, 0) is 13.0 Å². The number of amidine groups is 1. The third-order valence-corrected chi connectivity index (χ3v) is 6.92. The van der Waals surface area contributed by atoms with Crippen LogP contribution < -0.4 is 10.5 Å². The number of hydrogen-bond acceptors (Lipinski definition) is 5. The molecule has 0 spiro atoms. The lowest BCUT2D eigenvalue weighted by Crippen LogP contribution is -2.27. The Labute approximate surface area is 212 Å². The van der Waals surface area contributed by atoms with Crippen LogP contribution in [0.5, 0.6) is 5.75 Å². The van der Waals surface area contributed by atoms with Crippen LogP contribution in [-0.4, -0.2) is 46.0 Å². The van der Waals surface area contributed by atoms with Gasteiger partial charge in [0.25, 0.3) is 0 Å². The van der Waals surface area contributed by atoms with Crippen molar-refractivity contribution in [2.45, 2.75) is 46.8 Å². The summed E-state index contributed by atoms with van der Waals surface area (Å²) in [6, 6.07) is 18.5. The van der Waals surface area contributed by atoms with E-state index in [2.05, 4.69) is 46.5 Å². The molecule has 184 valence electrons. The molecule has 0 atom stereocenters. The lowest BCUT2D eigenvalue weighted by Gasteiger charge is -2.19. The highest BCUT2D eigenvalue weighted by molar-refractivity contribution is 7.12. The molecule has 4 rings (SSSR count). The molecule has 2 N–H and O–H groups in total. The first-order valence-corrected chi connectivity index (χ1v) is 13.2. The Morgan fingerprint density at radius 1 is 1.11 bits per heavy atom. The summed E-state index contributed by atoms with van der Waals surface area (Å²) in [4.78, 5) is 13.1. The van der Waals surface area contributed by atoms with E-state index in [-0.39, 0.29) is 6.10 Å². The van der Waals surface area contributed by atoms with Gasteiger partial charge in [0.2, 0.25) is 0 Å². The van der Waals surface area contributed by atoms with Gasteiger partial charge < -0.3 is 19.9 Å². The van der Waals surface area contributed by atoms with Crippen LogP contribution in [0, 0.1) is 0 Å². The molecular weight excluding hydrogens is 454 g/mol. The number of fused-ring (bicyclic) bond motifs is 1. The number of aliphatic imine (C=N–C) groups is 1. The van der Waals surface area contributed by atoms with Crippen LogP contribution in [0.1, 0.15) is 44.0 Å². The minimum absolute atomic E-state index is 0.163. The molecule has 0 unspecified atom stereocenters. The van der Waals surface area contributed by atoms with Crippen molar-refractivity contribution in [1.29, 1.82) is 0 Å². The Morgan fingerprint density at radius 2 is 1.89 bits per heavy atom. The van der Waals surface area contributed by atoms with Crippen molar-refractivity contribution in [1.82, 2.24) is 14.5 Å². The minimum atomic E-state index is 0.163. The minimum Gasteiger partial charge on any atom is -0.491 e. The average molecular weight is 490 g/mol. The van der Waals surface area contributed by atoms with Gasteiger partial charge in [-0.2, -0.15) is 0 Å². The van der Waals surface area contributed by atoms with Crippen molar-refractivity contribution < 1.29 is 4.74 Å². The quantitative estimate of drug-likeness (QED) is 0.212. The van der Waals surface area contributed by atoms with Crippen LogP contribution in [0.3, 0.4) is 0 Å². The summed E-state index contributed by atoms with van der Waals surface area (Å²) in [5.41, 5.74) is 10.3. The van der Waals surface area contributed by atoms with Gasteiger partial charge in [0.1, 0.15) is 17.4 Å². The second kappa shape index (κ2) is 11.5. The van der Waals surface area contributed by atoms with E-state index >= 15 is 0 Å². The van der Waals surface area contributed by atoms with Crippen LogP contribution in [0.15, 0.2) is 65.0 Å². The molecule has 0 amide bonds. The zero-order valence-electron chi connectivity index (χ0n) is 21.1. The zero-order chi connectivity index (χ0) is 24.8. The van der Waals surface area contributed by atoms with Crippen molar-refractivity contribution in [3.05, 3.63) is 76.2 Å². The number of nitrogens with zero attached hydrogens (tertiary/aromatic N) is 4. The second-order valence-electron chi connectivity index (χ2n) is 8.84. The van der Waals surface area contributed by atoms with Crippen molar-refractivity contribution in [3.8, 4) is 5.75 Å². The molecule has 0 bridgehead atoms. The third-order valence-electron chi connectivity index (χ3n) is 6.03. The molecule has 2 aromatic heterocycles. The van der Waals surface area contributed by atoms with Gasteiger partial charge in [0.05, 0.1) is 27.7 Å². The first kappa shape index (κ1) is 24.9. The predicted octanol–water partition coefficient (Wildman–Crippen LogP) is 5.85. The van der Waals surface area contributed by atoms with Crippen LogP contribution in [0.2, 0.25) is 0 Å². The van der Waals surface area contributed by atoms with Crippen LogP contribution in [0.4, 0.5) is 5.69 Å². The lowest BCUT2D eigenvalue weighted by molar-refractivity contribution is 0.242. The molecule has 0 aliphatic heterocycles. The van der Waals surface area contributed by atoms with E-state index in [0.29, 0.717) is 5.84 Å². The highest BCUT2D eigenvalue weighted by Gasteiger charge is 2.14. The number of imidazole rings is 1. The van der Waals surface area contributed by atoms with Crippen LogP contribution in [0.25, 0.3) is 11.0 Å². The van der Waals surface area contributed by atoms with Crippen molar-refractivity contribution >= 4 is 33.9 Å². The maximum atomic E-state index is 6.23. The normalized spacial score (nSPS) is 12.2. The van der Waals surface area contributed by atoms with E-state index < -0.39 is 0 Å². The standard InChI is InChI=1S/C28H35N5OS/c1-5-32(6-2)15-16-33-25-14-11-22(30-28(29)26-8-7-17-35-26)19-24(25)31-27(33)18-21-9-12-23(13-10-21)34-20(3)4/h7-14,17,19-20H,5-6,15-16,18H2,1-4H3,(H2,29,30). The zero-order valence-corrected chi connectivity index (χ0v) is 21.9. The van der Waals surface area contributed by atoms with Gasteiger partial charge in [-0.15, -0.1) is 11.3 Å². The molecule has 7 heteroatoms. The van der Waals surface area contributed by atoms with E-state index in [1.807, 2.05) is 55.6 Å².